The first-order valence-electron chi connectivity index (χ1n) is 11.2. The molecule has 174 valence electrons. The fourth-order valence-corrected chi connectivity index (χ4v) is 3.94. The zero-order valence-corrected chi connectivity index (χ0v) is 18.8. The highest BCUT2D eigenvalue weighted by atomic mass is 16.7. The minimum atomic E-state index is -0.203. The van der Waals surface area contributed by atoms with Crippen molar-refractivity contribution in [2.24, 2.45) is 5.16 Å². The molecule has 0 saturated carbocycles. The molecule has 0 bridgehead atoms. The summed E-state index contributed by atoms with van der Waals surface area (Å²) in [6.07, 6.45) is 13.5. The van der Waals surface area contributed by atoms with Crippen LogP contribution in [0.25, 0.3) is 11.2 Å². The number of allylic oxidation sites excluding steroid dienone is 3. The highest BCUT2D eigenvalue weighted by molar-refractivity contribution is 5.98. The highest BCUT2D eigenvalue weighted by Gasteiger charge is 2.24. The maximum atomic E-state index is 12.5. The van der Waals surface area contributed by atoms with Gasteiger partial charge in [0.15, 0.2) is 6.10 Å². The van der Waals surface area contributed by atoms with Crippen LogP contribution in [0.1, 0.15) is 35.2 Å². The van der Waals surface area contributed by atoms with E-state index in [1.165, 1.54) is 0 Å². The van der Waals surface area contributed by atoms with Crippen LogP contribution in [0.5, 0.6) is 5.88 Å². The van der Waals surface area contributed by atoms with Crippen molar-refractivity contribution in [3.63, 3.8) is 0 Å². The summed E-state index contributed by atoms with van der Waals surface area (Å²) < 4.78 is 13.2. The second kappa shape index (κ2) is 9.78. The van der Waals surface area contributed by atoms with Gasteiger partial charge in [0.25, 0.3) is 5.91 Å². The molecular formula is C25H25N5O4. The summed E-state index contributed by atoms with van der Waals surface area (Å²) in [6, 6.07) is 7.40. The lowest BCUT2D eigenvalue weighted by atomic mass is 9.98. The van der Waals surface area contributed by atoms with Crippen molar-refractivity contribution in [1.82, 2.24) is 19.7 Å². The maximum Gasteiger partial charge on any atom is 0.253 e. The third kappa shape index (κ3) is 4.78. The molecule has 3 aromatic heterocycles. The van der Waals surface area contributed by atoms with Crippen molar-refractivity contribution in [3.05, 3.63) is 78.1 Å². The fraction of sp³-hybridized carbons (Fsp3) is 0.280. The summed E-state index contributed by atoms with van der Waals surface area (Å²) in [5, 5.41) is 7.04. The smallest absolute Gasteiger partial charge is 0.253 e. The Morgan fingerprint density at radius 2 is 2.12 bits per heavy atom. The van der Waals surface area contributed by atoms with Gasteiger partial charge in [0.2, 0.25) is 5.88 Å². The normalized spacial score (nSPS) is 17.4. The van der Waals surface area contributed by atoms with Gasteiger partial charge in [-0.15, -0.1) is 0 Å². The first-order valence-corrected chi connectivity index (χ1v) is 11.2. The van der Waals surface area contributed by atoms with Crippen LogP contribution in [0.15, 0.2) is 72.1 Å². The van der Waals surface area contributed by atoms with Crippen LogP contribution in [0.4, 0.5) is 0 Å². The van der Waals surface area contributed by atoms with Gasteiger partial charge in [-0.3, -0.25) is 4.79 Å². The van der Waals surface area contributed by atoms with Crippen molar-refractivity contribution < 1.29 is 19.1 Å². The predicted molar refractivity (Wildman–Crippen MR) is 126 cm³/mol. The number of aromatic nitrogens is 3. The summed E-state index contributed by atoms with van der Waals surface area (Å²) in [7, 11) is 1.60. The number of hydrogen-bond donors (Lipinski definition) is 1. The van der Waals surface area contributed by atoms with Crippen molar-refractivity contribution in [2.75, 3.05) is 20.3 Å². The van der Waals surface area contributed by atoms with Crippen LogP contribution in [-0.4, -0.2) is 52.4 Å². The molecule has 34 heavy (non-hydrogen) atoms. The number of rotatable bonds is 8. The molecule has 0 spiro atoms. The molecule has 1 amide bonds. The van der Waals surface area contributed by atoms with Crippen molar-refractivity contribution in [3.8, 4) is 5.88 Å². The Bertz CT molecular complexity index is 1290. The number of imidazole rings is 1. The standard InChI is InChI=1S/C25H25N5O4/c1-32-24-12-17(8-9-27-24)21-4-2-3-5-22(21)33-16-20-13-19(29-34-20)14-28-25(31)18-6-7-23-26-10-11-30(23)15-18/h4-12,15,20H,2-3,13-14,16H2,1H3,(H,28,31). The zero-order chi connectivity index (χ0) is 23.3. The Kier molecular flexibility index (Phi) is 6.24. The number of hydrogen-bond acceptors (Lipinski definition) is 7. The lowest BCUT2D eigenvalue weighted by Gasteiger charge is -2.19. The number of fused-ring (bicyclic) bond motifs is 1. The molecule has 0 radical (unpaired) electrons. The molecule has 0 saturated heterocycles. The average Bonchev–Trinajstić information content (AvgIpc) is 3.55. The van der Waals surface area contributed by atoms with E-state index in [9.17, 15) is 4.79 Å². The zero-order valence-electron chi connectivity index (χ0n) is 18.8. The van der Waals surface area contributed by atoms with Gasteiger partial charge < -0.3 is 24.0 Å². The molecule has 0 fully saturated rings. The number of pyridine rings is 2. The van der Waals surface area contributed by atoms with Crippen LogP contribution in [0.3, 0.4) is 0 Å². The summed E-state index contributed by atoms with van der Waals surface area (Å²) in [4.78, 5) is 26.4. The first-order chi connectivity index (χ1) is 16.7. The monoisotopic (exact) mass is 459 g/mol. The van der Waals surface area contributed by atoms with Gasteiger partial charge in [-0.1, -0.05) is 11.2 Å². The Morgan fingerprint density at radius 3 is 3.03 bits per heavy atom. The van der Waals surface area contributed by atoms with Gasteiger partial charge in [0, 0.05) is 42.8 Å². The third-order valence-corrected chi connectivity index (χ3v) is 5.69. The second-order valence-electron chi connectivity index (χ2n) is 8.04. The molecule has 2 aliphatic rings. The van der Waals surface area contributed by atoms with E-state index in [0.29, 0.717) is 31.0 Å². The largest absolute Gasteiger partial charge is 0.489 e. The third-order valence-electron chi connectivity index (χ3n) is 5.69. The number of oxime groups is 1. The second-order valence-corrected chi connectivity index (χ2v) is 8.04. The summed E-state index contributed by atoms with van der Waals surface area (Å²) in [5.74, 6) is 1.21. The van der Waals surface area contributed by atoms with Gasteiger partial charge in [-0.05, 0) is 42.7 Å². The highest BCUT2D eigenvalue weighted by Crippen LogP contribution is 2.30. The lowest BCUT2D eigenvalue weighted by molar-refractivity contribution is 0.0283. The van der Waals surface area contributed by atoms with Gasteiger partial charge in [0.05, 0.1) is 24.9 Å². The minimum absolute atomic E-state index is 0.173. The van der Waals surface area contributed by atoms with Crippen LogP contribution in [-0.2, 0) is 9.57 Å². The number of carbonyl (C=O) groups is 1. The Morgan fingerprint density at radius 1 is 1.21 bits per heavy atom. The molecule has 1 aliphatic carbocycles. The molecule has 1 aliphatic heterocycles. The van der Waals surface area contributed by atoms with Gasteiger partial charge in [-0.25, -0.2) is 9.97 Å². The number of amides is 1. The van der Waals surface area contributed by atoms with Crippen LogP contribution >= 0.6 is 0 Å². The number of methoxy groups -OCH3 is 1. The molecule has 3 aromatic rings. The summed E-state index contributed by atoms with van der Waals surface area (Å²) >= 11 is 0. The van der Waals surface area contributed by atoms with E-state index in [1.54, 1.807) is 38.0 Å². The van der Waals surface area contributed by atoms with Crippen molar-refractivity contribution >= 4 is 22.8 Å². The van der Waals surface area contributed by atoms with Gasteiger partial charge in [0.1, 0.15) is 18.0 Å². The van der Waals surface area contributed by atoms with Crippen LogP contribution < -0.4 is 10.1 Å². The van der Waals surface area contributed by atoms with E-state index in [0.717, 1.165) is 41.1 Å². The fourth-order valence-electron chi connectivity index (χ4n) is 3.94. The molecule has 9 nitrogen and oxygen atoms in total. The van der Waals surface area contributed by atoms with E-state index >= 15 is 0 Å². The maximum absolute atomic E-state index is 12.5. The Labute approximate surface area is 196 Å². The van der Waals surface area contributed by atoms with Gasteiger partial charge >= 0.3 is 0 Å². The molecule has 1 N–H and O–H groups in total. The van der Waals surface area contributed by atoms with Gasteiger partial charge in [-0.2, -0.15) is 0 Å². The number of carbonyl (C=O) groups excluding carboxylic acids is 1. The minimum Gasteiger partial charge on any atom is -0.489 e. The molecule has 9 heteroatoms. The Hall–Kier alpha value is -4.14. The predicted octanol–water partition coefficient (Wildman–Crippen LogP) is 3.39. The SMILES string of the molecule is COc1cc(C2=CCCC=C2OCC2CC(CNC(=O)c3ccc4nccn4c3)=NO2)ccn1. The van der Waals surface area contributed by atoms with Crippen LogP contribution in [0.2, 0.25) is 0 Å². The quantitative estimate of drug-likeness (QED) is 0.554. The average molecular weight is 460 g/mol. The Balaban J connectivity index is 1.12. The summed E-state index contributed by atoms with van der Waals surface area (Å²) in [5.41, 5.74) is 4.15. The van der Waals surface area contributed by atoms with E-state index in [2.05, 4.69) is 32.6 Å². The summed E-state index contributed by atoms with van der Waals surface area (Å²) in [6.45, 7) is 0.686. The van der Waals surface area contributed by atoms with E-state index < -0.39 is 0 Å². The van der Waals surface area contributed by atoms with E-state index in [4.69, 9.17) is 14.3 Å². The van der Waals surface area contributed by atoms with Crippen molar-refractivity contribution in [2.45, 2.75) is 25.4 Å². The first kappa shape index (κ1) is 21.7. The van der Waals surface area contributed by atoms with Crippen LogP contribution in [0, 0.1) is 0 Å². The molecule has 4 heterocycles. The topological polar surface area (TPSA) is 99.3 Å². The molecular weight excluding hydrogens is 434 g/mol. The molecule has 1 atom stereocenters. The lowest BCUT2D eigenvalue weighted by Crippen LogP contribution is -2.30. The molecule has 0 aromatic carbocycles. The van der Waals surface area contributed by atoms with Crippen molar-refractivity contribution in [1.29, 1.82) is 0 Å². The van der Waals surface area contributed by atoms with E-state index in [-0.39, 0.29) is 12.0 Å². The van der Waals surface area contributed by atoms with E-state index in [1.807, 2.05) is 22.6 Å². The number of nitrogens with zero attached hydrogens (tertiary/aromatic N) is 4. The number of ether oxygens (including phenoxy) is 2. The number of nitrogens with one attached hydrogen (secondary N) is 1. The molecule has 5 rings (SSSR count). The molecule has 1 unspecified atom stereocenters.